The molecule has 0 radical (unpaired) electrons. The van der Waals surface area contributed by atoms with E-state index in [1.165, 1.54) is 78.6 Å². The first-order valence-corrected chi connectivity index (χ1v) is 18.8. The summed E-state index contributed by atoms with van der Waals surface area (Å²) in [4.78, 5) is 17.9. The molecular formula is C41H56N2O2S. The SMILES string of the molecule is C=C(C)[C@@H]1CC[C@]2(Nc3nc(C)c(C)s3)CC[C@]3(C)[C@H](CC[C@@H]4[C@@]5(C)CC=C(c6ccc(C(=O)O)cc6)C(C)(C)[C@@H]5CC[C@]43C)[C@@H]12. The van der Waals surface area contributed by atoms with E-state index in [1.807, 2.05) is 23.5 Å². The Morgan fingerprint density at radius 3 is 2.28 bits per heavy atom. The molecule has 7 rings (SSSR count). The van der Waals surface area contributed by atoms with Gasteiger partial charge in [0.15, 0.2) is 5.13 Å². The van der Waals surface area contributed by atoms with Crippen molar-refractivity contribution in [2.24, 2.45) is 51.2 Å². The Balaban J connectivity index is 1.23. The second-order valence-electron chi connectivity index (χ2n) is 17.6. The lowest BCUT2D eigenvalue weighted by atomic mass is 9.33. The van der Waals surface area contributed by atoms with Crippen molar-refractivity contribution in [3.05, 3.63) is 64.2 Å². The van der Waals surface area contributed by atoms with Crippen molar-refractivity contribution in [3.63, 3.8) is 0 Å². The number of carboxylic acid groups (broad SMARTS) is 1. The Bertz CT molecular complexity index is 1580. The van der Waals surface area contributed by atoms with E-state index in [1.54, 1.807) is 12.1 Å². The number of aryl methyl sites for hydroxylation is 2. The third-order valence-electron chi connectivity index (χ3n) is 15.5. The molecule has 2 aromatic rings. The van der Waals surface area contributed by atoms with Crippen LogP contribution >= 0.6 is 11.3 Å². The molecule has 0 unspecified atom stereocenters. The van der Waals surface area contributed by atoms with Gasteiger partial charge < -0.3 is 10.4 Å². The molecule has 0 spiro atoms. The number of benzene rings is 1. The Kier molecular flexibility index (Phi) is 7.38. The first-order chi connectivity index (χ1) is 21.6. The zero-order chi connectivity index (χ0) is 33.0. The summed E-state index contributed by atoms with van der Waals surface area (Å²) in [5.41, 5.74) is 6.51. The van der Waals surface area contributed by atoms with Gasteiger partial charge in [-0.1, -0.05) is 65.0 Å². The molecule has 1 aromatic heterocycles. The maximum Gasteiger partial charge on any atom is 0.335 e. The molecule has 4 nitrogen and oxygen atoms in total. The Morgan fingerprint density at radius 1 is 0.935 bits per heavy atom. The number of hydrogen-bond donors (Lipinski definition) is 2. The fourth-order valence-electron chi connectivity index (χ4n) is 13.0. The number of allylic oxidation sites excluding steroid dienone is 3. The van der Waals surface area contributed by atoms with Crippen LogP contribution in [-0.4, -0.2) is 21.6 Å². The Hall–Kier alpha value is -2.40. The van der Waals surface area contributed by atoms with Crippen LogP contribution < -0.4 is 5.32 Å². The highest BCUT2D eigenvalue weighted by Gasteiger charge is 2.70. The molecule has 1 heterocycles. The zero-order valence-corrected chi connectivity index (χ0v) is 30.4. The van der Waals surface area contributed by atoms with Gasteiger partial charge in [-0.05, 0) is 153 Å². The molecule has 1 aromatic carbocycles. The van der Waals surface area contributed by atoms with Gasteiger partial charge in [-0.15, -0.1) is 11.3 Å². The minimum Gasteiger partial charge on any atom is -0.478 e. The summed E-state index contributed by atoms with van der Waals surface area (Å²) in [5, 5.41) is 14.8. The fourth-order valence-corrected chi connectivity index (χ4v) is 13.9. The van der Waals surface area contributed by atoms with E-state index in [-0.39, 0.29) is 16.4 Å². The highest BCUT2D eigenvalue weighted by Crippen LogP contribution is 2.77. The average molecular weight is 641 g/mol. The maximum absolute atomic E-state index is 11.5. The second kappa shape index (κ2) is 10.5. The number of nitrogens with zero attached hydrogens (tertiary/aromatic N) is 1. The quantitative estimate of drug-likeness (QED) is 0.319. The van der Waals surface area contributed by atoms with Gasteiger partial charge in [0.05, 0.1) is 11.3 Å². The summed E-state index contributed by atoms with van der Waals surface area (Å²) >= 11 is 1.84. The van der Waals surface area contributed by atoms with Gasteiger partial charge >= 0.3 is 5.97 Å². The number of hydrogen-bond acceptors (Lipinski definition) is 4. The number of nitrogens with one attached hydrogen (secondary N) is 1. The third-order valence-corrected chi connectivity index (χ3v) is 16.5. The highest BCUT2D eigenvalue weighted by atomic mass is 32.1. The van der Waals surface area contributed by atoms with Gasteiger partial charge in [0, 0.05) is 10.4 Å². The van der Waals surface area contributed by atoms with Crippen molar-refractivity contribution in [2.75, 3.05) is 5.32 Å². The van der Waals surface area contributed by atoms with E-state index >= 15 is 0 Å². The molecule has 2 N–H and O–H groups in total. The topological polar surface area (TPSA) is 62.2 Å². The number of thiazole rings is 1. The van der Waals surface area contributed by atoms with E-state index in [9.17, 15) is 9.90 Å². The average Bonchev–Trinajstić information content (AvgIpc) is 3.52. The van der Waals surface area contributed by atoms with E-state index in [2.05, 4.69) is 73.4 Å². The van der Waals surface area contributed by atoms with E-state index in [4.69, 9.17) is 4.98 Å². The molecule has 4 saturated carbocycles. The van der Waals surface area contributed by atoms with Crippen LogP contribution in [0.15, 0.2) is 42.5 Å². The highest BCUT2D eigenvalue weighted by molar-refractivity contribution is 7.15. The van der Waals surface area contributed by atoms with Crippen LogP contribution in [0.4, 0.5) is 5.13 Å². The lowest BCUT2D eigenvalue weighted by molar-refractivity contribution is -0.216. The molecule has 4 fully saturated rings. The first-order valence-electron chi connectivity index (χ1n) is 18.0. The standard InChI is InChI=1S/C41H56N2O2S/c1-24(2)29-16-21-41(43-36-42-25(3)26(4)46-36)23-22-39(8)31(34(29)41)14-15-33-38(7)19-17-30(27-10-12-28(13-11-27)35(44)45)37(5,6)32(38)18-20-40(33,39)9/h10-13,17,29,31-34H,1,14-16,18-23H2,2-9H3,(H,42,43)(H,44,45)/t29-,31+,32-,33+,34+,38-,39+,40+,41-/m0/s1. The predicted molar refractivity (Wildman–Crippen MR) is 191 cm³/mol. The van der Waals surface area contributed by atoms with Crippen molar-refractivity contribution in [1.29, 1.82) is 0 Å². The van der Waals surface area contributed by atoms with E-state index in [0.717, 1.165) is 11.6 Å². The summed E-state index contributed by atoms with van der Waals surface area (Å²) in [6.07, 6.45) is 13.9. The molecule has 5 aliphatic rings. The third kappa shape index (κ3) is 4.35. The summed E-state index contributed by atoms with van der Waals surface area (Å²) in [6.45, 7) is 24.3. The fraction of sp³-hybridized carbons (Fsp3) is 0.659. The number of fused-ring (bicyclic) bond motifs is 7. The van der Waals surface area contributed by atoms with E-state index < -0.39 is 5.97 Å². The molecule has 0 amide bonds. The Labute approximate surface area is 281 Å². The van der Waals surface area contributed by atoms with Crippen LogP contribution in [-0.2, 0) is 0 Å². The Morgan fingerprint density at radius 2 is 1.65 bits per heavy atom. The molecule has 248 valence electrons. The normalized spacial score (nSPS) is 41.0. The maximum atomic E-state index is 11.5. The van der Waals surface area contributed by atoms with Crippen LogP contribution in [0.1, 0.15) is 126 Å². The van der Waals surface area contributed by atoms with Crippen molar-refractivity contribution in [3.8, 4) is 0 Å². The van der Waals surface area contributed by atoms with Crippen molar-refractivity contribution in [1.82, 2.24) is 4.98 Å². The minimum atomic E-state index is -0.858. The monoisotopic (exact) mass is 640 g/mol. The van der Waals surface area contributed by atoms with Crippen LogP contribution in [0.2, 0.25) is 0 Å². The van der Waals surface area contributed by atoms with Gasteiger partial charge in [-0.25, -0.2) is 9.78 Å². The largest absolute Gasteiger partial charge is 0.478 e. The zero-order valence-electron chi connectivity index (χ0n) is 29.6. The summed E-state index contributed by atoms with van der Waals surface area (Å²) in [5.74, 6) is 2.33. The van der Waals surface area contributed by atoms with Gasteiger partial charge in [0.1, 0.15) is 0 Å². The lowest BCUT2D eigenvalue weighted by Gasteiger charge is -2.72. The first kappa shape index (κ1) is 32.2. The number of aromatic carboxylic acids is 1. The molecule has 5 heteroatoms. The van der Waals surface area contributed by atoms with Crippen molar-refractivity contribution in [2.45, 2.75) is 119 Å². The molecule has 9 atom stereocenters. The second-order valence-corrected chi connectivity index (χ2v) is 18.8. The number of aromatic nitrogens is 1. The molecule has 0 saturated heterocycles. The number of carbonyl (C=O) groups is 1. The van der Waals surface area contributed by atoms with Crippen LogP contribution in [0.5, 0.6) is 0 Å². The van der Waals surface area contributed by atoms with Crippen molar-refractivity contribution >= 4 is 28.0 Å². The van der Waals surface area contributed by atoms with Crippen LogP contribution in [0, 0.1) is 65.1 Å². The lowest BCUT2D eigenvalue weighted by Crippen LogP contribution is -2.67. The number of rotatable bonds is 5. The smallest absolute Gasteiger partial charge is 0.335 e. The molecule has 5 aliphatic carbocycles. The molecule has 0 aliphatic heterocycles. The molecular weight excluding hydrogens is 585 g/mol. The summed E-state index contributed by atoms with van der Waals surface area (Å²) < 4.78 is 0. The summed E-state index contributed by atoms with van der Waals surface area (Å²) in [6, 6.07) is 7.63. The number of anilines is 1. The molecule has 0 bridgehead atoms. The van der Waals surface area contributed by atoms with Gasteiger partial charge in [-0.2, -0.15) is 0 Å². The minimum absolute atomic E-state index is 0.0307. The summed E-state index contributed by atoms with van der Waals surface area (Å²) in [7, 11) is 0. The van der Waals surface area contributed by atoms with Crippen molar-refractivity contribution < 1.29 is 9.90 Å². The van der Waals surface area contributed by atoms with Crippen LogP contribution in [0.3, 0.4) is 0 Å². The van der Waals surface area contributed by atoms with E-state index in [0.29, 0.717) is 46.0 Å². The number of carboxylic acids is 1. The van der Waals surface area contributed by atoms with Gasteiger partial charge in [0.2, 0.25) is 0 Å². The predicted octanol–water partition coefficient (Wildman–Crippen LogP) is 11.0. The van der Waals surface area contributed by atoms with Gasteiger partial charge in [-0.3, -0.25) is 0 Å². The van der Waals surface area contributed by atoms with Crippen LogP contribution in [0.25, 0.3) is 5.57 Å². The molecule has 46 heavy (non-hydrogen) atoms. The van der Waals surface area contributed by atoms with Gasteiger partial charge in [0.25, 0.3) is 0 Å².